The smallest absolute Gasteiger partial charge is 0.406 e. The fraction of sp³-hybridized carbons (Fsp3) is 0.421. The molecule has 9 nitrogen and oxygen atoms in total. The van der Waals surface area contributed by atoms with Gasteiger partial charge in [0.1, 0.15) is 5.75 Å². The fourth-order valence-electron chi connectivity index (χ4n) is 3.39. The van der Waals surface area contributed by atoms with Gasteiger partial charge in [0, 0.05) is 25.1 Å². The molecule has 31 heavy (non-hydrogen) atoms. The summed E-state index contributed by atoms with van der Waals surface area (Å²) in [6.07, 6.45) is -0.881. The van der Waals surface area contributed by atoms with E-state index in [0.717, 1.165) is 25.0 Å². The number of hydrogen-bond acceptors (Lipinski definition) is 7. The Morgan fingerprint density at radius 3 is 2.74 bits per heavy atom. The summed E-state index contributed by atoms with van der Waals surface area (Å²) < 4.78 is 47.6. The van der Waals surface area contributed by atoms with Crippen molar-refractivity contribution in [1.29, 1.82) is 0 Å². The van der Waals surface area contributed by atoms with E-state index >= 15 is 0 Å². The topological polar surface area (TPSA) is 99.2 Å². The second kappa shape index (κ2) is 8.36. The van der Waals surface area contributed by atoms with Crippen LogP contribution in [0.2, 0.25) is 0 Å². The molecule has 1 unspecified atom stereocenters. The molecule has 1 aromatic carbocycles. The molecule has 3 heterocycles. The van der Waals surface area contributed by atoms with Crippen LogP contribution in [0.1, 0.15) is 42.0 Å². The number of nitrogens with zero attached hydrogens (tertiary/aromatic N) is 6. The average molecular weight is 436 g/mol. The number of halogens is 3. The van der Waals surface area contributed by atoms with Gasteiger partial charge in [-0.3, -0.25) is 4.79 Å². The molecule has 1 aliphatic rings. The Morgan fingerprint density at radius 2 is 2.06 bits per heavy atom. The van der Waals surface area contributed by atoms with Crippen molar-refractivity contribution in [2.75, 3.05) is 13.1 Å². The number of piperidine rings is 1. The van der Waals surface area contributed by atoms with Gasteiger partial charge in [-0.05, 0) is 37.1 Å². The van der Waals surface area contributed by atoms with Crippen LogP contribution in [0.15, 0.2) is 35.0 Å². The summed E-state index contributed by atoms with van der Waals surface area (Å²) >= 11 is 0. The molecule has 0 N–H and O–H groups in total. The Balaban J connectivity index is 1.43. The van der Waals surface area contributed by atoms with Gasteiger partial charge in [0.15, 0.2) is 11.5 Å². The summed E-state index contributed by atoms with van der Waals surface area (Å²) in [5.74, 6) is 0.217. The predicted molar refractivity (Wildman–Crippen MR) is 100.0 cm³/mol. The molecule has 3 aromatic rings. The first kappa shape index (κ1) is 20.8. The SMILES string of the molecule is CCc1noc(-c2cn(C3CCCN(C(=O)c4ccc(OC(F)(F)F)cc4)C3)nn2)n1. The van der Waals surface area contributed by atoms with Crippen molar-refractivity contribution in [3.8, 4) is 17.3 Å². The molecule has 1 atom stereocenters. The van der Waals surface area contributed by atoms with E-state index < -0.39 is 6.36 Å². The number of likely N-dealkylation sites (tertiary alicyclic amines) is 1. The van der Waals surface area contributed by atoms with Crippen LogP contribution in [-0.4, -0.2) is 55.4 Å². The summed E-state index contributed by atoms with van der Waals surface area (Å²) in [5, 5.41) is 12.1. The molecule has 0 radical (unpaired) electrons. The Morgan fingerprint density at radius 1 is 1.29 bits per heavy atom. The molecule has 1 amide bonds. The van der Waals surface area contributed by atoms with Gasteiger partial charge in [-0.15, -0.1) is 18.3 Å². The highest BCUT2D eigenvalue weighted by molar-refractivity contribution is 5.94. The normalized spacial score (nSPS) is 17.0. The number of ether oxygens (including phenoxy) is 1. The van der Waals surface area contributed by atoms with Crippen LogP contribution in [0.5, 0.6) is 5.75 Å². The number of alkyl halides is 3. The minimum atomic E-state index is -4.78. The Kier molecular flexibility index (Phi) is 5.61. The van der Waals surface area contributed by atoms with Crippen molar-refractivity contribution in [1.82, 2.24) is 30.0 Å². The van der Waals surface area contributed by atoms with E-state index in [4.69, 9.17) is 4.52 Å². The van der Waals surface area contributed by atoms with Crippen molar-refractivity contribution >= 4 is 5.91 Å². The van der Waals surface area contributed by atoms with Crippen molar-refractivity contribution < 1.29 is 27.2 Å². The lowest BCUT2D eigenvalue weighted by atomic mass is 10.0. The summed E-state index contributed by atoms with van der Waals surface area (Å²) in [4.78, 5) is 18.7. The van der Waals surface area contributed by atoms with Gasteiger partial charge in [-0.1, -0.05) is 17.3 Å². The summed E-state index contributed by atoms with van der Waals surface area (Å²) in [6.45, 7) is 2.85. The van der Waals surface area contributed by atoms with Crippen molar-refractivity contribution in [2.45, 2.75) is 38.6 Å². The predicted octanol–water partition coefficient (Wildman–Crippen LogP) is 3.27. The zero-order chi connectivity index (χ0) is 22.0. The first-order valence-electron chi connectivity index (χ1n) is 9.72. The standard InChI is InChI=1S/C19H19F3N6O3/c1-2-16-23-17(31-25-16)15-11-28(26-24-15)13-4-3-9-27(10-13)18(29)12-5-7-14(8-6-12)30-19(20,21)22/h5-8,11,13H,2-4,9-10H2,1H3. The molecule has 1 fully saturated rings. The highest BCUT2D eigenvalue weighted by atomic mass is 19.4. The van der Waals surface area contributed by atoms with Gasteiger partial charge in [0.05, 0.1) is 12.2 Å². The quantitative estimate of drug-likeness (QED) is 0.605. The Hall–Kier alpha value is -3.44. The molecule has 0 spiro atoms. The first-order valence-corrected chi connectivity index (χ1v) is 9.72. The molecule has 12 heteroatoms. The lowest BCUT2D eigenvalue weighted by molar-refractivity contribution is -0.274. The van der Waals surface area contributed by atoms with Crippen LogP contribution < -0.4 is 4.74 Å². The van der Waals surface area contributed by atoms with Crippen LogP contribution in [-0.2, 0) is 6.42 Å². The molecular formula is C19H19F3N6O3. The third-order valence-electron chi connectivity index (χ3n) is 4.91. The van der Waals surface area contributed by atoms with Crippen LogP contribution in [0.4, 0.5) is 13.2 Å². The fourth-order valence-corrected chi connectivity index (χ4v) is 3.39. The summed E-state index contributed by atoms with van der Waals surface area (Å²) in [5.41, 5.74) is 0.739. The van der Waals surface area contributed by atoms with Crippen molar-refractivity contribution in [3.63, 3.8) is 0 Å². The second-order valence-electron chi connectivity index (χ2n) is 7.07. The number of benzene rings is 1. The third kappa shape index (κ3) is 4.84. The van der Waals surface area contributed by atoms with Crippen LogP contribution in [0.25, 0.3) is 11.6 Å². The van der Waals surface area contributed by atoms with E-state index in [-0.39, 0.29) is 29.2 Å². The number of carbonyl (C=O) groups is 1. The summed E-state index contributed by atoms with van der Waals surface area (Å²) in [6, 6.07) is 4.80. The molecule has 164 valence electrons. The maximum atomic E-state index is 12.8. The van der Waals surface area contributed by atoms with E-state index in [1.54, 1.807) is 15.8 Å². The van der Waals surface area contributed by atoms with E-state index in [1.165, 1.54) is 12.1 Å². The van der Waals surface area contributed by atoms with Gasteiger partial charge in [-0.25, -0.2) is 4.68 Å². The minimum Gasteiger partial charge on any atom is -0.406 e. The molecular weight excluding hydrogens is 417 g/mol. The second-order valence-corrected chi connectivity index (χ2v) is 7.07. The Labute approximate surface area is 174 Å². The number of aryl methyl sites for hydroxylation is 1. The molecule has 4 rings (SSSR count). The molecule has 0 saturated carbocycles. The van der Waals surface area contributed by atoms with Crippen molar-refractivity contribution in [2.24, 2.45) is 0 Å². The molecule has 2 aromatic heterocycles. The number of aromatic nitrogens is 5. The monoisotopic (exact) mass is 436 g/mol. The van der Waals surface area contributed by atoms with Gasteiger partial charge in [0.2, 0.25) is 0 Å². The summed E-state index contributed by atoms with van der Waals surface area (Å²) in [7, 11) is 0. The highest BCUT2D eigenvalue weighted by Crippen LogP contribution is 2.26. The maximum absolute atomic E-state index is 12.8. The number of amides is 1. The lowest BCUT2D eigenvalue weighted by Gasteiger charge is -2.32. The van der Waals surface area contributed by atoms with Gasteiger partial charge >= 0.3 is 6.36 Å². The van der Waals surface area contributed by atoms with Gasteiger partial charge in [-0.2, -0.15) is 4.98 Å². The van der Waals surface area contributed by atoms with Gasteiger partial charge in [0.25, 0.3) is 11.8 Å². The zero-order valence-electron chi connectivity index (χ0n) is 16.5. The third-order valence-corrected chi connectivity index (χ3v) is 4.91. The van der Waals surface area contributed by atoms with Crippen LogP contribution >= 0.6 is 0 Å². The zero-order valence-corrected chi connectivity index (χ0v) is 16.5. The van der Waals surface area contributed by atoms with E-state index in [0.29, 0.717) is 31.0 Å². The van der Waals surface area contributed by atoms with Crippen LogP contribution in [0, 0.1) is 0 Å². The van der Waals surface area contributed by atoms with E-state index in [9.17, 15) is 18.0 Å². The molecule has 0 aliphatic carbocycles. The maximum Gasteiger partial charge on any atom is 0.573 e. The largest absolute Gasteiger partial charge is 0.573 e. The number of carbonyl (C=O) groups excluding carboxylic acids is 1. The van der Waals surface area contributed by atoms with E-state index in [2.05, 4.69) is 25.2 Å². The Bertz CT molecular complexity index is 1050. The molecule has 1 aliphatic heterocycles. The van der Waals surface area contributed by atoms with Crippen molar-refractivity contribution in [3.05, 3.63) is 41.9 Å². The average Bonchev–Trinajstić information content (AvgIpc) is 3.42. The molecule has 1 saturated heterocycles. The number of hydrogen-bond donors (Lipinski definition) is 0. The highest BCUT2D eigenvalue weighted by Gasteiger charge is 2.31. The van der Waals surface area contributed by atoms with E-state index in [1.807, 2.05) is 6.92 Å². The van der Waals surface area contributed by atoms with Crippen LogP contribution in [0.3, 0.4) is 0 Å². The van der Waals surface area contributed by atoms with Gasteiger partial charge < -0.3 is 14.2 Å². The first-order chi connectivity index (χ1) is 14.8. The molecule has 0 bridgehead atoms. The lowest BCUT2D eigenvalue weighted by Crippen LogP contribution is -2.40. The minimum absolute atomic E-state index is 0.0969. The number of rotatable bonds is 5.